The molecule has 14 heteroatoms. The summed E-state index contributed by atoms with van der Waals surface area (Å²) in [6, 6.07) is 0. The van der Waals surface area contributed by atoms with E-state index in [1.807, 2.05) is 0 Å². The van der Waals surface area contributed by atoms with Gasteiger partial charge in [0.05, 0.1) is 62.4 Å². The monoisotopic (exact) mass is 564 g/mol. The zero-order chi connectivity index (χ0) is 22.4. The van der Waals surface area contributed by atoms with E-state index in [-0.39, 0.29) is 50.2 Å². The zero-order valence-corrected chi connectivity index (χ0v) is 19.6. The van der Waals surface area contributed by atoms with Crippen molar-refractivity contribution in [3.05, 3.63) is 62.4 Å². The molecular weight excluding hydrogens is 568 g/mol. The average molecular weight is 568 g/mol. The molecule has 0 bridgehead atoms. The van der Waals surface area contributed by atoms with Gasteiger partial charge in [0.25, 0.3) is 23.6 Å². The van der Waals surface area contributed by atoms with Crippen molar-refractivity contribution in [3.8, 4) is 0 Å². The number of halogens is 8. The molecule has 0 fully saturated rings. The summed E-state index contributed by atoms with van der Waals surface area (Å²) < 4.78 is 0. The van der Waals surface area contributed by atoms with Crippen LogP contribution in [0.3, 0.4) is 0 Å². The first kappa shape index (κ1) is 22.2. The number of carbonyl (C=O) groups is 4. The Hall–Kier alpha value is -0.960. The molecule has 2 aromatic rings. The van der Waals surface area contributed by atoms with E-state index in [0.29, 0.717) is 0 Å². The van der Waals surface area contributed by atoms with E-state index in [9.17, 15) is 19.2 Å². The lowest BCUT2D eigenvalue weighted by molar-refractivity contribution is 0.00846. The van der Waals surface area contributed by atoms with Crippen LogP contribution in [0.2, 0.25) is 40.2 Å². The Balaban J connectivity index is 1.93. The van der Waals surface area contributed by atoms with Gasteiger partial charge >= 0.3 is 0 Å². The van der Waals surface area contributed by atoms with Crippen molar-refractivity contribution in [2.24, 2.45) is 0 Å². The SMILES string of the molecule is O=C1c2c(Cl)c(Cl)c(Cl)c(Cl)c2C(=O)N1N1C(=O)c2c(Cl)c(Cl)c(Cl)c(Cl)c2C1=O. The third-order valence-electron chi connectivity index (χ3n) is 4.36. The molecule has 0 saturated carbocycles. The Bertz CT molecular complexity index is 1080. The first-order valence-electron chi connectivity index (χ1n) is 7.42. The van der Waals surface area contributed by atoms with Crippen molar-refractivity contribution in [2.75, 3.05) is 0 Å². The average Bonchev–Trinajstić information content (AvgIpc) is 3.11. The number of nitrogens with zero attached hydrogens (tertiary/aromatic N) is 2. The molecule has 0 spiro atoms. The maximum absolute atomic E-state index is 13.0. The first-order chi connectivity index (χ1) is 13.9. The lowest BCUT2D eigenvalue weighted by atomic mass is 10.1. The number of hydrazine groups is 1. The summed E-state index contributed by atoms with van der Waals surface area (Å²) in [5.41, 5.74) is -1.70. The molecule has 30 heavy (non-hydrogen) atoms. The highest BCUT2D eigenvalue weighted by molar-refractivity contribution is 6.56. The number of hydrogen-bond donors (Lipinski definition) is 0. The summed E-state index contributed by atoms with van der Waals surface area (Å²) in [6.45, 7) is 0. The number of benzene rings is 2. The van der Waals surface area contributed by atoms with E-state index in [2.05, 4.69) is 0 Å². The Labute approximate surface area is 206 Å². The van der Waals surface area contributed by atoms with Crippen LogP contribution >= 0.6 is 92.8 Å². The van der Waals surface area contributed by atoms with E-state index in [1.165, 1.54) is 0 Å². The second kappa shape index (κ2) is 7.29. The van der Waals surface area contributed by atoms with Crippen molar-refractivity contribution in [1.82, 2.24) is 10.0 Å². The molecule has 0 radical (unpaired) electrons. The van der Waals surface area contributed by atoms with Crippen LogP contribution in [-0.4, -0.2) is 33.6 Å². The van der Waals surface area contributed by atoms with Gasteiger partial charge in [-0.25, -0.2) is 0 Å². The molecular formula is C16Cl8N2O4. The fraction of sp³-hybridized carbons (Fsp3) is 0. The van der Waals surface area contributed by atoms with Crippen LogP contribution in [0.15, 0.2) is 0 Å². The molecule has 0 saturated heterocycles. The zero-order valence-electron chi connectivity index (χ0n) is 13.6. The number of fused-ring (bicyclic) bond motifs is 2. The summed E-state index contributed by atoms with van der Waals surface area (Å²) in [4.78, 5) is 51.9. The Morgan fingerprint density at radius 3 is 0.667 bits per heavy atom. The van der Waals surface area contributed by atoms with Gasteiger partial charge < -0.3 is 0 Å². The van der Waals surface area contributed by atoms with Gasteiger partial charge in [-0.1, -0.05) is 92.8 Å². The third kappa shape index (κ3) is 2.66. The van der Waals surface area contributed by atoms with E-state index in [1.54, 1.807) is 0 Å². The van der Waals surface area contributed by atoms with Crippen LogP contribution in [0.5, 0.6) is 0 Å². The van der Waals surface area contributed by atoms with Crippen LogP contribution in [0.1, 0.15) is 41.4 Å². The van der Waals surface area contributed by atoms with Crippen molar-refractivity contribution < 1.29 is 19.2 Å². The smallest absolute Gasteiger partial charge is 0.267 e. The minimum atomic E-state index is -1.14. The molecule has 0 aliphatic carbocycles. The second-order valence-corrected chi connectivity index (χ2v) is 8.88. The molecule has 0 atom stereocenters. The van der Waals surface area contributed by atoms with E-state index >= 15 is 0 Å². The summed E-state index contributed by atoms with van der Waals surface area (Å²) in [5, 5.41) is -2.13. The number of carbonyl (C=O) groups excluding carboxylic acids is 4. The first-order valence-corrected chi connectivity index (χ1v) is 10.4. The molecule has 0 unspecified atom stereocenters. The fourth-order valence-electron chi connectivity index (χ4n) is 3.04. The summed E-state index contributed by atoms with van der Waals surface area (Å²) in [7, 11) is 0. The quantitative estimate of drug-likeness (QED) is 0.218. The lowest BCUT2D eigenvalue weighted by Gasteiger charge is -2.23. The van der Waals surface area contributed by atoms with E-state index in [0.717, 1.165) is 0 Å². The highest BCUT2D eigenvalue weighted by atomic mass is 35.5. The highest BCUT2D eigenvalue weighted by Crippen LogP contribution is 2.48. The molecule has 6 nitrogen and oxygen atoms in total. The Morgan fingerprint density at radius 1 is 0.333 bits per heavy atom. The Morgan fingerprint density at radius 2 is 0.500 bits per heavy atom. The summed E-state index contributed by atoms with van der Waals surface area (Å²) in [6.07, 6.45) is 0. The highest BCUT2D eigenvalue weighted by Gasteiger charge is 2.52. The van der Waals surface area contributed by atoms with Gasteiger partial charge in [0.2, 0.25) is 0 Å². The maximum atomic E-state index is 13.0. The lowest BCUT2D eigenvalue weighted by Crippen LogP contribution is -2.49. The van der Waals surface area contributed by atoms with Crippen LogP contribution < -0.4 is 0 Å². The van der Waals surface area contributed by atoms with Gasteiger partial charge in [-0.05, 0) is 0 Å². The van der Waals surface area contributed by atoms with Gasteiger partial charge in [0.15, 0.2) is 0 Å². The molecule has 2 aliphatic rings. The predicted molar refractivity (Wildman–Crippen MR) is 114 cm³/mol. The van der Waals surface area contributed by atoms with Gasteiger partial charge in [-0.2, -0.15) is 10.0 Å². The van der Waals surface area contributed by atoms with Crippen LogP contribution in [0.25, 0.3) is 0 Å². The number of rotatable bonds is 1. The minimum Gasteiger partial charge on any atom is -0.267 e. The molecule has 154 valence electrons. The Kier molecular flexibility index (Phi) is 5.40. The molecule has 2 heterocycles. The normalized spacial score (nSPS) is 15.5. The van der Waals surface area contributed by atoms with Crippen molar-refractivity contribution in [2.45, 2.75) is 0 Å². The fourth-order valence-corrected chi connectivity index (χ4v) is 5.07. The molecule has 4 amide bonds. The van der Waals surface area contributed by atoms with Crippen LogP contribution in [-0.2, 0) is 0 Å². The van der Waals surface area contributed by atoms with Gasteiger partial charge in [-0.15, -0.1) is 0 Å². The van der Waals surface area contributed by atoms with Gasteiger partial charge in [0, 0.05) is 0 Å². The molecule has 4 rings (SSSR count). The molecule has 0 N–H and O–H groups in total. The maximum Gasteiger partial charge on any atom is 0.282 e. The summed E-state index contributed by atoms with van der Waals surface area (Å²) >= 11 is 48.1. The van der Waals surface area contributed by atoms with E-state index < -0.39 is 45.9 Å². The molecule has 2 aliphatic heterocycles. The van der Waals surface area contributed by atoms with Crippen molar-refractivity contribution in [3.63, 3.8) is 0 Å². The number of hydrogen-bond acceptors (Lipinski definition) is 4. The molecule has 0 aromatic heterocycles. The van der Waals surface area contributed by atoms with Gasteiger partial charge in [-0.3, -0.25) is 19.2 Å². The van der Waals surface area contributed by atoms with Gasteiger partial charge in [0.1, 0.15) is 0 Å². The van der Waals surface area contributed by atoms with Crippen LogP contribution in [0, 0.1) is 0 Å². The minimum absolute atomic E-state index is 0.244. The van der Waals surface area contributed by atoms with E-state index in [4.69, 9.17) is 92.8 Å². The largest absolute Gasteiger partial charge is 0.282 e. The number of amides is 4. The predicted octanol–water partition coefficient (Wildman–Crippen LogP) is 6.72. The van der Waals surface area contributed by atoms with Crippen molar-refractivity contribution >= 4 is 116 Å². The van der Waals surface area contributed by atoms with Crippen molar-refractivity contribution in [1.29, 1.82) is 0 Å². The topological polar surface area (TPSA) is 74.8 Å². The summed E-state index contributed by atoms with van der Waals surface area (Å²) in [5.74, 6) is -4.56. The number of imide groups is 2. The third-order valence-corrected chi connectivity index (χ3v) is 7.96. The molecule has 2 aromatic carbocycles. The second-order valence-electron chi connectivity index (χ2n) is 5.86. The van der Waals surface area contributed by atoms with Crippen LogP contribution in [0.4, 0.5) is 0 Å². The standard InChI is InChI=1S/C16Cl8N2O4/c17-5-1-2(6(18)10(22)9(5)21)14(28)25(13(1)27)26-15(29)3-4(16(26)30)8(20)12(24)11(23)7(3)19.